The molecule has 0 aliphatic heterocycles. The van der Waals surface area contributed by atoms with Crippen molar-refractivity contribution in [2.24, 2.45) is 7.05 Å². The van der Waals surface area contributed by atoms with E-state index in [0.29, 0.717) is 0 Å². The third-order valence-electron chi connectivity index (χ3n) is 2.67. The Morgan fingerprint density at radius 3 is 2.81 bits per heavy atom. The number of nitrogens with zero attached hydrogens (tertiary/aromatic N) is 3. The molecule has 0 spiro atoms. The lowest BCUT2D eigenvalue weighted by molar-refractivity contribution is 0.738. The second-order valence-corrected chi connectivity index (χ2v) is 4.83. The van der Waals surface area contributed by atoms with Gasteiger partial charge in [-0.15, -0.1) is 11.3 Å². The maximum atomic E-state index is 4.32. The molecule has 86 valence electrons. The van der Waals surface area contributed by atoms with Crippen LogP contribution in [-0.4, -0.2) is 14.8 Å². The van der Waals surface area contributed by atoms with Crippen LogP contribution in [0.15, 0.2) is 12.4 Å². The van der Waals surface area contributed by atoms with Crippen LogP contribution in [0.25, 0.3) is 0 Å². The summed E-state index contributed by atoms with van der Waals surface area (Å²) in [4.78, 5) is 5.63. The lowest BCUT2D eigenvalue weighted by Gasteiger charge is -2.01. The molecule has 0 aliphatic rings. The van der Waals surface area contributed by atoms with Crippen LogP contribution in [0, 0.1) is 6.92 Å². The van der Waals surface area contributed by atoms with E-state index in [2.05, 4.69) is 29.2 Å². The van der Waals surface area contributed by atoms with E-state index < -0.39 is 0 Å². The number of anilines is 1. The van der Waals surface area contributed by atoms with Crippen LogP contribution in [0.2, 0.25) is 0 Å². The normalized spacial score (nSPS) is 10.7. The monoisotopic (exact) mass is 236 g/mol. The van der Waals surface area contributed by atoms with E-state index in [1.165, 1.54) is 16.1 Å². The lowest BCUT2D eigenvalue weighted by atomic mass is 10.2. The van der Waals surface area contributed by atoms with Crippen molar-refractivity contribution in [3.8, 4) is 0 Å². The number of thiazole rings is 1. The fourth-order valence-corrected chi connectivity index (χ4v) is 2.19. The summed E-state index contributed by atoms with van der Waals surface area (Å²) in [6.45, 7) is 5.00. The summed E-state index contributed by atoms with van der Waals surface area (Å²) < 4.78 is 1.89. The summed E-state index contributed by atoms with van der Waals surface area (Å²) in [6.07, 6.45) is 4.88. The molecule has 16 heavy (non-hydrogen) atoms. The highest BCUT2D eigenvalue weighted by molar-refractivity contribution is 7.15. The second-order valence-electron chi connectivity index (χ2n) is 3.72. The molecule has 4 nitrogen and oxygen atoms in total. The van der Waals surface area contributed by atoms with Crippen molar-refractivity contribution in [1.29, 1.82) is 0 Å². The van der Waals surface area contributed by atoms with E-state index >= 15 is 0 Å². The minimum atomic E-state index is 0.788. The Labute approximate surface area is 99.3 Å². The summed E-state index contributed by atoms with van der Waals surface area (Å²) >= 11 is 1.72. The summed E-state index contributed by atoms with van der Waals surface area (Å²) in [5, 5.41) is 8.52. The highest BCUT2D eigenvalue weighted by Gasteiger charge is 2.04. The highest BCUT2D eigenvalue weighted by Crippen LogP contribution is 2.19. The van der Waals surface area contributed by atoms with Crippen LogP contribution in [0.5, 0.6) is 0 Å². The summed E-state index contributed by atoms with van der Waals surface area (Å²) in [7, 11) is 1.96. The number of hydrogen-bond acceptors (Lipinski definition) is 4. The maximum absolute atomic E-state index is 4.32. The zero-order chi connectivity index (χ0) is 11.5. The van der Waals surface area contributed by atoms with E-state index in [4.69, 9.17) is 0 Å². The van der Waals surface area contributed by atoms with Crippen LogP contribution in [0.4, 0.5) is 5.13 Å². The molecule has 0 bridgehead atoms. The molecule has 0 atom stereocenters. The van der Waals surface area contributed by atoms with E-state index in [1.807, 2.05) is 24.1 Å². The first-order chi connectivity index (χ1) is 7.70. The number of aromatic nitrogens is 3. The standard InChI is InChI=1S/C11H16N4S/c1-4-10-7-13-11(16-10)12-5-9-6-14-15(3)8(9)2/h6-7H,4-5H2,1-3H3,(H,12,13). The van der Waals surface area contributed by atoms with Crippen LogP contribution in [-0.2, 0) is 20.0 Å². The van der Waals surface area contributed by atoms with Gasteiger partial charge in [0, 0.05) is 35.9 Å². The van der Waals surface area contributed by atoms with Crippen molar-refractivity contribution in [3.63, 3.8) is 0 Å². The van der Waals surface area contributed by atoms with Gasteiger partial charge in [-0.05, 0) is 13.3 Å². The van der Waals surface area contributed by atoms with Gasteiger partial charge in [0.1, 0.15) is 0 Å². The fourth-order valence-electron chi connectivity index (χ4n) is 1.44. The molecular formula is C11H16N4S. The summed E-state index contributed by atoms with van der Waals surface area (Å²) in [6, 6.07) is 0. The minimum Gasteiger partial charge on any atom is -0.357 e. The Morgan fingerprint density at radius 1 is 1.44 bits per heavy atom. The Bertz CT molecular complexity index is 472. The zero-order valence-electron chi connectivity index (χ0n) is 9.82. The van der Waals surface area contributed by atoms with Crippen molar-refractivity contribution >= 4 is 16.5 Å². The van der Waals surface area contributed by atoms with Crippen LogP contribution in [0.3, 0.4) is 0 Å². The number of aryl methyl sites for hydroxylation is 2. The lowest BCUT2D eigenvalue weighted by Crippen LogP contribution is -2.00. The smallest absolute Gasteiger partial charge is 0.183 e. The van der Waals surface area contributed by atoms with Gasteiger partial charge in [0.2, 0.25) is 0 Å². The third kappa shape index (κ3) is 2.24. The second kappa shape index (κ2) is 4.65. The molecule has 5 heteroatoms. The molecule has 0 saturated carbocycles. The maximum Gasteiger partial charge on any atom is 0.183 e. The topological polar surface area (TPSA) is 42.7 Å². The third-order valence-corrected chi connectivity index (χ3v) is 3.77. The predicted octanol–water partition coefficient (Wildman–Crippen LogP) is 2.36. The van der Waals surface area contributed by atoms with Gasteiger partial charge >= 0.3 is 0 Å². The van der Waals surface area contributed by atoms with E-state index in [9.17, 15) is 0 Å². The number of hydrogen-bond donors (Lipinski definition) is 1. The average molecular weight is 236 g/mol. The molecule has 0 fully saturated rings. The Hall–Kier alpha value is -1.36. The molecule has 2 aromatic rings. The van der Waals surface area contributed by atoms with Gasteiger partial charge in [0.25, 0.3) is 0 Å². The van der Waals surface area contributed by atoms with Gasteiger partial charge in [0.15, 0.2) is 5.13 Å². The summed E-state index contributed by atoms with van der Waals surface area (Å²) in [5.74, 6) is 0. The van der Waals surface area contributed by atoms with Crippen LogP contribution in [0.1, 0.15) is 23.1 Å². The Balaban J connectivity index is 1.99. The average Bonchev–Trinajstić information content (AvgIpc) is 2.86. The SMILES string of the molecule is CCc1cnc(NCc2cnn(C)c2C)s1. The van der Waals surface area contributed by atoms with Crippen molar-refractivity contribution in [2.45, 2.75) is 26.8 Å². The van der Waals surface area contributed by atoms with Crippen LogP contribution < -0.4 is 5.32 Å². The quantitative estimate of drug-likeness (QED) is 0.886. The van der Waals surface area contributed by atoms with Gasteiger partial charge in [-0.3, -0.25) is 4.68 Å². The number of rotatable bonds is 4. The Kier molecular flexibility index (Phi) is 3.24. The summed E-state index contributed by atoms with van der Waals surface area (Å²) in [5.41, 5.74) is 2.41. The molecule has 0 saturated heterocycles. The highest BCUT2D eigenvalue weighted by atomic mass is 32.1. The molecule has 0 radical (unpaired) electrons. The molecule has 2 heterocycles. The van der Waals surface area contributed by atoms with Gasteiger partial charge in [-0.25, -0.2) is 4.98 Å². The van der Waals surface area contributed by atoms with Gasteiger partial charge in [-0.2, -0.15) is 5.10 Å². The number of nitrogens with one attached hydrogen (secondary N) is 1. The fraction of sp³-hybridized carbons (Fsp3) is 0.455. The molecular weight excluding hydrogens is 220 g/mol. The first-order valence-electron chi connectivity index (χ1n) is 5.36. The van der Waals surface area contributed by atoms with Gasteiger partial charge in [-0.1, -0.05) is 6.92 Å². The largest absolute Gasteiger partial charge is 0.357 e. The predicted molar refractivity (Wildman–Crippen MR) is 66.8 cm³/mol. The molecule has 2 aromatic heterocycles. The first-order valence-corrected chi connectivity index (χ1v) is 6.18. The van der Waals surface area contributed by atoms with Crippen molar-refractivity contribution in [2.75, 3.05) is 5.32 Å². The molecule has 0 unspecified atom stereocenters. The van der Waals surface area contributed by atoms with Gasteiger partial charge in [0.05, 0.1) is 6.20 Å². The van der Waals surface area contributed by atoms with E-state index in [1.54, 1.807) is 11.3 Å². The van der Waals surface area contributed by atoms with E-state index in [0.717, 1.165) is 18.1 Å². The molecule has 0 amide bonds. The molecule has 1 N–H and O–H groups in total. The first kappa shape index (κ1) is 11.1. The van der Waals surface area contributed by atoms with E-state index in [-0.39, 0.29) is 0 Å². The molecule has 0 aromatic carbocycles. The van der Waals surface area contributed by atoms with Crippen LogP contribution >= 0.6 is 11.3 Å². The van der Waals surface area contributed by atoms with Crippen molar-refractivity contribution in [1.82, 2.24) is 14.8 Å². The minimum absolute atomic E-state index is 0.788. The zero-order valence-corrected chi connectivity index (χ0v) is 10.6. The molecule has 0 aliphatic carbocycles. The van der Waals surface area contributed by atoms with Crippen molar-refractivity contribution < 1.29 is 0 Å². The Morgan fingerprint density at radius 2 is 2.25 bits per heavy atom. The van der Waals surface area contributed by atoms with Crippen molar-refractivity contribution in [3.05, 3.63) is 28.5 Å². The molecule has 2 rings (SSSR count). The van der Waals surface area contributed by atoms with Gasteiger partial charge < -0.3 is 5.32 Å².